The van der Waals surface area contributed by atoms with E-state index in [1.165, 1.54) is 26.1 Å². The highest BCUT2D eigenvalue weighted by atomic mass is 32.2. The Morgan fingerprint density at radius 2 is 2.03 bits per heavy atom. The highest BCUT2D eigenvalue weighted by molar-refractivity contribution is 7.97. The summed E-state index contributed by atoms with van der Waals surface area (Å²) in [6.07, 6.45) is -0.780. The van der Waals surface area contributed by atoms with Gasteiger partial charge in [0, 0.05) is 23.9 Å². The maximum absolute atomic E-state index is 12.5. The number of hydrogen-bond donors (Lipinski definition) is 2. The number of benzene rings is 2. The number of carboxylic acid groups (broad SMARTS) is 1. The molecule has 3 unspecified atom stereocenters. The highest BCUT2D eigenvalue weighted by Gasteiger charge is 2.59. The summed E-state index contributed by atoms with van der Waals surface area (Å²) < 4.78 is 2.17. The predicted molar refractivity (Wildman–Crippen MR) is 110 cm³/mol. The molecule has 0 aliphatic carbocycles. The van der Waals surface area contributed by atoms with E-state index in [4.69, 9.17) is 0 Å². The Morgan fingerprint density at radius 1 is 1.28 bits per heavy atom. The van der Waals surface area contributed by atoms with E-state index in [0.29, 0.717) is 6.54 Å². The Bertz CT molecular complexity index is 1080. The lowest BCUT2D eigenvalue weighted by molar-refractivity contribution is -0.163. The molecule has 0 bridgehead atoms. The number of hydrogen-bond acceptors (Lipinski definition) is 5. The number of aliphatic hydroxyl groups excluding tert-OH is 1. The minimum Gasteiger partial charge on any atom is -0.477 e. The number of aliphatic carboxylic acids is 1. The van der Waals surface area contributed by atoms with Gasteiger partial charge in [-0.3, -0.25) is 4.79 Å². The van der Waals surface area contributed by atoms with E-state index in [1.54, 1.807) is 18.9 Å². The van der Waals surface area contributed by atoms with Gasteiger partial charge in [-0.2, -0.15) is 0 Å². The number of nitrogens with zero attached hydrogens (tertiary/aromatic N) is 2. The van der Waals surface area contributed by atoms with E-state index in [2.05, 4.69) is 28.6 Å². The number of carboxylic acids is 1. The molecule has 1 amide bonds. The van der Waals surface area contributed by atoms with Gasteiger partial charge in [0.15, 0.2) is 0 Å². The first-order valence-corrected chi connectivity index (χ1v) is 10.6. The van der Waals surface area contributed by atoms with Crippen LogP contribution in [-0.2, 0) is 16.1 Å². The van der Waals surface area contributed by atoms with Gasteiger partial charge in [0.2, 0.25) is 5.91 Å². The van der Waals surface area contributed by atoms with Gasteiger partial charge in [-0.1, -0.05) is 43.3 Å². The largest absolute Gasteiger partial charge is 0.477 e. The number of rotatable bonds is 4. The number of amides is 1. The summed E-state index contributed by atoms with van der Waals surface area (Å²) in [5.74, 6) is -1.98. The van der Waals surface area contributed by atoms with E-state index in [-0.39, 0.29) is 23.6 Å². The first-order valence-electron chi connectivity index (χ1n) is 9.79. The van der Waals surface area contributed by atoms with E-state index in [1.807, 2.05) is 19.1 Å². The fraction of sp³-hybridized carbons (Fsp3) is 0.364. The zero-order chi connectivity index (χ0) is 20.4. The normalized spacial score (nSPS) is 27.2. The summed E-state index contributed by atoms with van der Waals surface area (Å²) in [5, 5.41) is 22.2. The van der Waals surface area contributed by atoms with Crippen molar-refractivity contribution in [1.82, 2.24) is 9.21 Å². The van der Waals surface area contributed by atoms with Crippen LogP contribution in [0.1, 0.15) is 19.4 Å². The molecule has 3 aliphatic rings. The monoisotopic (exact) mass is 410 g/mol. The number of carbonyl (C=O) groups excluding carboxylic acids is 1. The van der Waals surface area contributed by atoms with Crippen molar-refractivity contribution in [2.24, 2.45) is 11.8 Å². The van der Waals surface area contributed by atoms with Gasteiger partial charge in [0.05, 0.1) is 18.1 Å². The molecule has 150 valence electrons. The molecule has 0 saturated carbocycles. The lowest BCUT2D eigenvalue weighted by atomic mass is 9.78. The Labute approximate surface area is 172 Å². The van der Waals surface area contributed by atoms with Crippen molar-refractivity contribution in [3.8, 4) is 0 Å². The SMILES string of the molecule is CC(O)C1C(=O)N2C(C(=O)O)=C(CN3Cc4ccc5ccccc5c4S3)[C@H](C)C12. The summed E-state index contributed by atoms with van der Waals surface area (Å²) in [7, 11) is 0. The standard InChI is InChI=1S/C22H22N2O4S/c1-11-16(19(22(27)28)24-18(11)17(12(2)25)21(24)26)10-23-9-14-8-7-13-5-3-4-6-15(13)20(14)29-23/h3-8,11-12,17-18,25H,9-10H2,1-2H3,(H,27,28)/t11-,12?,17?,18?/m0/s1. The predicted octanol–water partition coefficient (Wildman–Crippen LogP) is 2.86. The molecule has 6 nitrogen and oxygen atoms in total. The van der Waals surface area contributed by atoms with Crippen molar-refractivity contribution in [3.63, 3.8) is 0 Å². The molecule has 2 aromatic carbocycles. The molecule has 3 heterocycles. The number of fused-ring (bicyclic) bond motifs is 4. The van der Waals surface area contributed by atoms with Crippen molar-refractivity contribution >= 4 is 34.6 Å². The lowest BCUT2D eigenvalue weighted by Crippen LogP contribution is -2.63. The first kappa shape index (κ1) is 18.7. The number of carbonyl (C=O) groups is 2. The molecule has 4 atom stereocenters. The van der Waals surface area contributed by atoms with Crippen LogP contribution in [0.5, 0.6) is 0 Å². The maximum atomic E-state index is 12.5. The van der Waals surface area contributed by atoms with Crippen molar-refractivity contribution in [3.05, 3.63) is 53.2 Å². The van der Waals surface area contributed by atoms with E-state index in [0.717, 1.165) is 12.1 Å². The molecule has 2 aromatic rings. The van der Waals surface area contributed by atoms with Crippen LogP contribution in [0, 0.1) is 11.8 Å². The van der Waals surface area contributed by atoms with E-state index in [9.17, 15) is 19.8 Å². The van der Waals surface area contributed by atoms with Crippen LogP contribution in [0.4, 0.5) is 0 Å². The van der Waals surface area contributed by atoms with Crippen molar-refractivity contribution in [2.75, 3.05) is 6.54 Å². The Hall–Kier alpha value is -2.35. The molecule has 29 heavy (non-hydrogen) atoms. The zero-order valence-corrected chi connectivity index (χ0v) is 17.0. The second kappa shape index (κ2) is 6.58. The smallest absolute Gasteiger partial charge is 0.352 e. The summed E-state index contributed by atoms with van der Waals surface area (Å²) >= 11 is 1.65. The third kappa shape index (κ3) is 2.64. The van der Waals surface area contributed by atoms with Gasteiger partial charge < -0.3 is 15.1 Å². The summed E-state index contributed by atoms with van der Waals surface area (Å²) in [5.41, 5.74) is 2.10. The van der Waals surface area contributed by atoms with E-state index >= 15 is 0 Å². The van der Waals surface area contributed by atoms with Crippen LogP contribution in [0.25, 0.3) is 10.8 Å². The van der Waals surface area contributed by atoms with Crippen molar-refractivity contribution < 1.29 is 19.8 Å². The van der Waals surface area contributed by atoms with Crippen LogP contribution in [0.15, 0.2) is 52.6 Å². The average molecular weight is 410 g/mol. The topological polar surface area (TPSA) is 81.1 Å². The quantitative estimate of drug-likeness (QED) is 0.596. The van der Waals surface area contributed by atoms with Crippen molar-refractivity contribution in [2.45, 2.75) is 37.4 Å². The van der Waals surface area contributed by atoms with Crippen LogP contribution in [-0.4, -0.2) is 50.0 Å². The second-order valence-corrected chi connectivity index (χ2v) is 9.20. The summed E-state index contributed by atoms with van der Waals surface area (Å²) in [6, 6.07) is 12.3. The van der Waals surface area contributed by atoms with E-state index < -0.39 is 18.0 Å². The van der Waals surface area contributed by atoms with Crippen LogP contribution in [0.2, 0.25) is 0 Å². The second-order valence-electron chi connectivity index (χ2n) is 8.10. The molecule has 7 heteroatoms. The minimum atomic E-state index is -1.07. The van der Waals surface area contributed by atoms with Gasteiger partial charge in [-0.05, 0) is 40.8 Å². The highest BCUT2D eigenvalue weighted by Crippen LogP contribution is 2.49. The average Bonchev–Trinajstić information content (AvgIpc) is 3.20. The fourth-order valence-electron chi connectivity index (χ4n) is 5.00. The third-order valence-electron chi connectivity index (χ3n) is 6.39. The van der Waals surface area contributed by atoms with Crippen LogP contribution < -0.4 is 0 Å². The molecule has 3 aliphatic heterocycles. The zero-order valence-electron chi connectivity index (χ0n) is 16.2. The molecule has 1 saturated heterocycles. The molecule has 0 aromatic heterocycles. The Morgan fingerprint density at radius 3 is 2.76 bits per heavy atom. The molecule has 5 rings (SSSR count). The fourth-order valence-corrected chi connectivity index (χ4v) is 6.20. The van der Waals surface area contributed by atoms with Crippen LogP contribution >= 0.6 is 11.9 Å². The Kier molecular flexibility index (Phi) is 4.24. The summed E-state index contributed by atoms with van der Waals surface area (Å²) in [4.78, 5) is 27.1. The first-order chi connectivity index (χ1) is 13.9. The van der Waals surface area contributed by atoms with Gasteiger partial charge in [0.25, 0.3) is 0 Å². The molecule has 0 radical (unpaired) electrons. The summed E-state index contributed by atoms with van der Waals surface area (Å²) in [6.45, 7) is 4.77. The van der Waals surface area contributed by atoms with Crippen molar-refractivity contribution in [1.29, 1.82) is 0 Å². The lowest BCUT2D eigenvalue weighted by Gasteiger charge is -2.46. The molecule has 1 fully saturated rings. The van der Waals surface area contributed by atoms with Gasteiger partial charge >= 0.3 is 5.97 Å². The maximum Gasteiger partial charge on any atom is 0.352 e. The molecular formula is C22H22N2O4S. The molecule has 2 N–H and O–H groups in total. The Balaban J connectivity index is 1.45. The van der Waals surface area contributed by atoms with Gasteiger partial charge in [-0.15, -0.1) is 0 Å². The molecular weight excluding hydrogens is 388 g/mol. The minimum absolute atomic E-state index is 0.0977. The number of β-lactam (4-membered cyclic amide) rings is 1. The third-order valence-corrected chi connectivity index (χ3v) is 7.57. The number of aliphatic hydroxyl groups is 1. The van der Waals surface area contributed by atoms with Gasteiger partial charge in [-0.25, -0.2) is 9.10 Å². The van der Waals surface area contributed by atoms with Crippen LogP contribution in [0.3, 0.4) is 0 Å². The molecule has 0 spiro atoms. The van der Waals surface area contributed by atoms with Gasteiger partial charge in [0.1, 0.15) is 5.70 Å².